The van der Waals surface area contributed by atoms with E-state index in [1.54, 1.807) is 6.20 Å². The molecule has 0 bridgehead atoms. The Morgan fingerprint density at radius 3 is 2.55 bits per heavy atom. The molecule has 3 rings (SSSR count). The molecule has 0 saturated heterocycles. The number of rotatable bonds is 2. The van der Waals surface area contributed by atoms with Crippen molar-refractivity contribution in [3.05, 3.63) is 59.4 Å². The van der Waals surface area contributed by atoms with Crippen molar-refractivity contribution in [1.29, 1.82) is 0 Å². The van der Waals surface area contributed by atoms with Gasteiger partial charge in [-0.15, -0.1) is 0 Å². The van der Waals surface area contributed by atoms with Gasteiger partial charge in [-0.25, -0.2) is 0 Å². The first-order valence-corrected chi connectivity index (χ1v) is 6.41. The van der Waals surface area contributed by atoms with E-state index >= 15 is 0 Å². The minimum absolute atomic E-state index is 0.0722. The number of hydrogen-bond acceptors (Lipinski definition) is 2. The molecule has 5 heteroatoms. The van der Waals surface area contributed by atoms with E-state index in [0.717, 1.165) is 30.7 Å². The molecule has 2 nitrogen and oxygen atoms in total. The minimum Gasteiger partial charge on any atom is -0.377 e. The lowest BCUT2D eigenvalue weighted by molar-refractivity contribution is -0.137. The van der Waals surface area contributed by atoms with Crippen LogP contribution in [0.15, 0.2) is 42.6 Å². The van der Waals surface area contributed by atoms with Gasteiger partial charge in [0, 0.05) is 11.9 Å². The highest BCUT2D eigenvalue weighted by atomic mass is 19.4. The van der Waals surface area contributed by atoms with Gasteiger partial charge < -0.3 is 5.32 Å². The second kappa shape index (κ2) is 4.81. The molecule has 0 saturated carbocycles. The molecule has 20 heavy (non-hydrogen) atoms. The topological polar surface area (TPSA) is 24.9 Å². The van der Waals surface area contributed by atoms with Gasteiger partial charge in [0.2, 0.25) is 0 Å². The molecule has 1 aliphatic carbocycles. The van der Waals surface area contributed by atoms with Crippen LogP contribution in [0.1, 0.15) is 29.3 Å². The maximum atomic E-state index is 12.5. The summed E-state index contributed by atoms with van der Waals surface area (Å²) < 4.78 is 37.5. The fraction of sp³-hybridized carbons (Fsp3) is 0.267. The SMILES string of the molecule is FC(F)(F)c1ccc(NC2CCc3cccnc32)cc1. The molecule has 1 aromatic carbocycles. The Labute approximate surface area is 114 Å². The van der Waals surface area contributed by atoms with Crippen LogP contribution < -0.4 is 5.32 Å². The van der Waals surface area contributed by atoms with Crippen LogP contribution in [0.2, 0.25) is 0 Å². The van der Waals surface area contributed by atoms with Crippen LogP contribution in [0.5, 0.6) is 0 Å². The van der Waals surface area contributed by atoms with Gasteiger partial charge in [-0.2, -0.15) is 13.2 Å². The average molecular weight is 278 g/mol. The van der Waals surface area contributed by atoms with E-state index in [9.17, 15) is 13.2 Å². The van der Waals surface area contributed by atoms with E-state index < -0.39 is 11.7 Å². The molecule has 0 amide bonds. The molecule has 104 valence electrons. The summed E-state index contributed by atoms with van der Waals surface area (Å²) in [7, 11) is 0. The number of aromatic nitrogens is 1. The molecule has 0 radical (unpaired) electrons. The largest absolute Gasteiger partial charge is 0.416 e. The lowest BCUT2D eigenvalue weighted by Gasteiger charge is -2.15. The first-order valence-electron chi connectivity index (χ1n) is 6.41. The van der Waals surface area contributed by atoms with Crippen LogP contribution in [0.4, 0.5) is 18.9 Å². The summed E-state index contributed by atoms with van der Waals surface area (Å²) in [6, 6.07) is 9.12. The number of alkyl halides is 3. The molecule has 1 atom stereocenters. The number of pyridine rings is 1. The molecular formula is C15H13F3N2. The van der Waals surface area contributed by atoms with E-state index in [1.165, 1.54) is 17.7 Å². The maximum Gasteiger partial charge on any atom is 0.416 e. The first kappa shape index (κ1) is 13.0. The van der Waals surface area contributed by atoms with Crippen molar-refractivity contribution in [1.82, 2.24) is 4.98 Å². The van der Waals surface area contributed by atoms with Gasteiger partial charge in [0.05, 0.1) is 17.3 Å². The molecule has 1 aliphatic rings. The zero-order valence-electron chi connectivity index (χ0n) is 10.6. The summed E-state index contributed by atoms with van der Waals surface area (Å²) >= 11 is 0. The fourth-order valence-corrected chi connectivity index (χ4v) is 2.51. The van der Waals surface area contributed by atoms with Gasteiger partial charge >= 0.3 is 6.18 Å². The van der Waals surface area contributed by atoms with Crippen LogP contribution in [0.25, 0.3) is 0 Å². The molecule has 0 aliphatic heterocycles. The Morgan fingerprint density at radius 1 is 1.10 bits per heavy atom. The van der Waals surface area contributed by atoms with Gasteiger partial charge in [0.15, 0.2) is 0 Å². The van der Waals surface area contributed by atoms with Crippen molar-refractivity contribution in [2.45, 2.75) is 25.1 Å². The van der Waals surface area contributed by atoms with Crippen molar-refractivity contribution in [2.24, 2.45) is 0 Å². The third kappa shape index (κ3) is 2.48. The summed E-state index contributed by atoms with van der Waals surface area (Å²) in [4.78, 5) is 4.35. The maximum absolute atomic E-state index is 12.5. The molecule has 2 aromatic rings. The highest BCUT2D eigenvalue weighted by molar-refractivity contribution is 5.48. The third-order valence-corrected chi connectivity index (χ3v) is 3.51. The highest BCUT2D eigenvalue weighted by Crippen LogP contribution is 2.33. The molecule has 0 spiro atoms. The number of nitrogens with one attached hydrogen (secondary N) is 1. The van der Waals surface area contributed by atoms with Gasteiger partial charge in [-0.05, 0) is 48.7 Å². The van der Waals surface area contributed by atoms with Crippen LogP contribution in [-0.2, 0) is 12.6 Å². The fourth-order valence-electron chi connectivity index (χ4n) is 2.51. The molecule has 1 N–H and O–H groups in total. The lowest BCUT2D eigenvalue weighted by atomic mass is 10.1. The minimum atomic E-state index is -4.29. The van der Waals surface area contributed by atoms with Crippen LogP contribution in [-0.4, -0.2) is 4.98 Å². The number of halogens is 3. The van der Waals surface area contributed by atoms with Crippen molar-refractivity contribution >= 4 is 5.69 Å². The number of aryl methyl sites for hydroxylation is 1. The van der Waals surface area contributed by atoms with Crippen molar-refractivity contribution < 1.29 is 13.2 Å². The average Bonchev–Trinajstić information content (AvgIpc) is 2.82. The van der Waals surface area contributed by atoms with E-state index in [1.807, 2.05) is 12.1 Å². The molecule has 1 heterocycles. The van der Waals surface area contributed by atoms with E-state index in [2.05, 4.69) is 10.3 Å². The standard InChI is InChI=1S/C15H13F3N2/c16-15(17,18)11-4-6-12(7-5-11)20-13-8-3-10-2-1-9-19-14(10)13/h1-2,4-7,9,13,20H,3,8H2. The summed E-state index contributed by atoms with van der Waals surface area (Å²) in [6.45, 7) is 0. The Balaban J connectivity index is 1.76. The molecule has 1 aromatic heterocycles. The second-order valence-corrected chi connectivity index (χ2v) is 4.86. The smallest absolute Gasteiger partial charge is 0.377 e. The van der Waals surface area contributed by atoms with Crippen molar-refractivity contribution in [3.63, 3.8) is 0 Å². The molecule has 1 unspecified atom stereocenters. The number of fused-ring (bicyclic) bond motifs is 1. The van der Waals surface area contributed by atoms with E-state index in [4.69, 9.17) is 0 Å². The Hall–Kier alpha value is -2.04. The van der Waals surface area contributed by atoms with Crippen molar-refractivity contribution in [3.8, 4) is 0 Å². The first-order chi connectivity index (χ1) is 9.54. The van der Waals surface area contributed by atoms with Crippen LogP contribution >= 0.6 is 0 Å². The van der Waals surface area contributed by atoms with E-state index in [0.29, 0.717) is 5.69 Å². The predicted octanol–water partition coefficient (Wildman–Crippen LogP) is 4.20. The Bertz CT molecular complexity index is 605. The van der Waals surface area contributed by atoms with Gasteiger partial charge in [0.1, 0.15) is 0 Å². The van der Waals surface area contributed by atoms with Crippen LogP contribution in [0, 0.1) is 0 Å². The van der Waals surface area contributed by atoms with E-state index in [-0.39, 0.29) is 6.04 Å². The summed E-state index contributed by atoms with van der Waals surface area (Å²) in [6.07, 6.45) is -0.694. The van der Waals surface area contributed by atoms with Gasteiger partial charge in [-0.3, -0.25) is 4.98 Å². The molecular weight excluding hydrogens is 265 g/mol. The van der Waals surface area contributed by atoms with Crippen LogP contribution in [0.3, 0.4) is 0 Å². The normalized spacial score (nSPS) is 17.9. The number of anilines is 1. The summed E-state index contributed by atoms with van der Waals surface area (Å²) in [5.74, 6) is 0. The monoisotopic (exact) mass is 278 g/mol. The number of nitrogens with zero attached hydrogens (tertiary/aromatic N) is 1. The Kier molecular flexibility index (Phi) is 3.12. The zero-order chi connectivity index (χ0) is 14.2. The second-order valence-electron chi connectivity index (χ2n) is 4.86. The zero-order valence-corrected chi connectivity index (χ0v) is 10.6. The lowest BCUT2D eigenvalue weighted by Crippen LogP contribution is -2.09. The third-order valence-electron chi connectivity index (χ3n) is 3.51. The highest BCUT2D eigenvalue weighted by Gasteiger charge is 2.30. The van der Waals surface area contributed by atoms with Crippen molar-refractivity contribution in [2.75, 3.05) is 5.32 Å². The summed E-state index contributed by atoms with van der Waals surface area (Å²) in [5.41, 5.74) is 2.25. The number of benzene rings is 1. The van der Waals surface area contributed by atoms with Gasteiger partial charge in [-0.1, -0.05) is 6.07 Å². The molecule has 0 fully saturated rings. The van der Waals surface area contributed by atoms with Gasteiger partial charge in [0.25, 0.3) is 0 Å². The summed E-state index contributed by atoms with van der Waals surface area (Å²) in [5, 5.41) is 3.25. The predicted molar refractivity (Wildman–Crippen MR) is 70.4 cm³/mol. The quantitative estimate of drug-likeness (QED) is 0.890. The number of hydrogen-bond donors (Lipinski definition) is 1. The Morgan fingerprint density at radius 2 is 1.85 bits per heavy atom.